The lowest BCUT2D eigenvalue weighted by molar-refractivity contribution is -0.135. The van der Waals surface area contributed by atoms with Gasteiger partial charge in [-0.1, -0.05) is 0 Å². The summed E-state index contributed by atoms with van der Waals surface area (Å²) in [4.78, 5) is 52.4. The van der Waals surface area contributed by atoms with E-state index in [9.17, 15) is 19.2 Å². The molecule has 0 aliphatic carbocycles. The van der Waals surface area contributed by atoms with Crippen LogP contribution in [0.1, 0.15) is 31.7 Å². The monoisotopic (exact) mass is 485 g/mol. The SMILES string of the molecule is COC(=O)N1CCC(OCC2CN(c3ccc4c(c3)n(C)c(=O)n4C3CCC(=O)NC3=O)C2)CC1. The first kappa shape index (κ1) is 23.4. The lowest BCUT2D eigenvalue weighted by atomic mass is 9.99. The molecule has 188 valence electrons. The third-order valence-corrected chi connectivity index (χ3v) is 7.36. The number of likely N-dealkylation sites (tertiary alicyclic amines) is 1. The van der Waals surface area contributed by atoms with Crippen LogP contribution in [0.3, 0.4) is 0 Å². The van der Waals surface area contributed by atoms with E-state index in [2.05, 4.69) is 10.2 Å². The van der Waals surface area contributed by atoms with E-state index in [0.717, 1.165) is 37.1 Å². The number of piperidine rings is 2. The molecule has 1 atom stereocenters. The van der Waals surface area contributed by atoms with Gasteiger partial charge in [-0.25, -0.2) is 9.59 Å². The molecule has 1 aromatic carbocycles. The van der Waals surface area contributed by atoms with Gasteiger partial charge in [-0.15, -0.1) is 0 Å². The molecule has 1 N–H and O–H groups in total. The van der Waals surface area contributed by atoms with Gasteiger partial charge in [-0.05, 0) is 37.5 Å². The number of carbonyl (C=O) groups excluding carboxylic acids is 3. The Hall–Kier alpha value is -3.34. The van der Waals surface area contributed by atoms with Gasteiger partial charge in [0.05, 0.1) is 30.9 Å². The Morgan fingerprint density at radius 1 is 1.09 bits per heavy atom. The van der Waals surface area contributed by atoms with Crippen LogP contribution in [0.4, 0.5) is 10.5 Å². The van der Waals surface area contributed by atoms with Gasteiger partial charge in [0.2, 0.25) is 11.8 Å². The number of ether oxygens (including phenoxy) is 2. The lowest BCUT2D eigenvalue weighted by Crippen LogP contribution is -2.49. The summed E-state index contributed by atoms with van der Waals surface area (Å²) in [6.45, 7) is 3.74. The Kier molecular flexibility index (Phi) is 6.26. The maximum atomic E-state index is 12.9. The Morgan fingerprint density at radius 3 is 2.51 bits per heavy atom. The molecule has 35 heavy (non-hydrogen) atoms. The molecule has 11 nitrogen and oxygen atoms in total. The van der Waals surface area contributed by atoms with Crippen molar-refractivity contribution in [3.05, 3.63) is 28.7 Å². The smallest absolute Gasteiger partial charge is 0.409 e. The minimum absolute atomic E-state index is 0.169. The Morgan fingerprint density at radius 2 is 1.83 bits per heavy atom. The normalized spacial score (nSPS) is 21.8. The second kappa shape index (κ2) is 9.37. The van der Waals surface area contributed by atoms with Crippen molar-refractivity contribution in [2.75, 3.05) is 44.8 Å². The second-order valence-corrected chi connectivity index (χ2v) is 9.61. The highest BCUT2D eigenvalue weighted by Gasteiger charge is 2.33. The highest BCUT2D eigenvalue weighted by molar-refractivity contribution is 6.00. The number of anilines is 1. The van der Waals surface area contributed by atoms with Crippen LogP contribution in [-0.4, -0.2) is 77.9 Å². The van der Waals surface area contributed by atoms with Crippen molar-refractivity contribution in [3.63, 3.8) is 0 Å². The zero-order valence-electron chi connectivity index (χ0n) is 20.1. The summed E-state index contributed by atoms with van der Waals surface area (Å²) >= 11 is 0. The molecule has 3 aliphatic heterocycles. The number of imidazole rings is 1. The summed E-state index contributed by atoms with van der Waals surface area (Å²) in [6.07, 6.45) is 2.07. The molecule has 0 spiro atoms. The first-order chi connectivity index (χ1) is 16.9. The van der Waals surface area contributed by atoms with E-state index < -0.39 is 11.9 Å². The number of carbonyl (C=O) groups is 3. The third-order valence-electron chi connectivity index (χ3n) is 7.36. The Bertz CT molecular complexity index is 1200. The molecule has 1 unspecified atom stereocenters. The predicted molar refractivity (Wildman–Crippen MR) is 127 cm³/mol. The van der Waals surface area contributed by atoms with Gasteiger partial charge in [0.25, 0.3) is 0 Å². The molecule has 1 aromatic heterocycles. The summed E-state index contributed by atoms with van der Waals surface area (Å²) in [5.41, 5.74) is 2.21. The van der Waals surface area contributed by atoms with Gasteiger partial charge < -0.3 is 19.3 Å². The zero-order valence-corrected chi connectivity index (χ0v) is 20.1. The van der Waals surface area contributed by atoms with Crippen LogP contribution in [0.2, 0.25) is 0 Å². The fourth-order valence-corrected chi connectivity index (χ4v) is 5.27. The number of methoxy groups -OCH3 is 1. The second-order valence-electron chi connectivity index (χ2n) is 9.61. The molecule has 3 amide bonds. The number of fused-ring (bicyclic) bond motifs is 1. The minimum Gasteiger partial charge on any atom is -0.453 e. The Labute approximate surface area is 202 Å². The van der Waals surface area contributed by atoms with Gasteiger partial charge in [0.15, 0.2) is 0 Å². The highest BCUT2D eigenvalue weighted by Crippen LogP contribution is 2.30. The van der Waals surface area contributed by atoms with Crippen LogP contribution >= 0.6 is 0 Å². The average Bonchev–Trinajstić information content (AvgIpc) is 3.07. The molecule has 0 radical (unpaired) electrons. The van der Waals surface area contributed by atoms with E-state index >= 15 is 0 Å². The number of nitrogens with one attached hydrogen (secondary N) is 1. The number of imide groups is 1. The molecule has 3 aliphatic rings. The lowest BCUT2D eigenvalue weighted by Gasteiger charge is -2.42. The summed E-state index contributed by atoms with van der Waals surface area (Å²) in [7, 11) is 3.10. The van der Waals surface area contributed by atoms with Crippen LogP contribution in [0.5, 0.6) is 0 Å². The van der Waals surface area contributed by atoms with Gasteiger partial charge >= 0.3 is 11.8 Å². The van der Waals surface area contributed by atoms with Crippen molar-refractivity contribution in [1.82, 2.24) is 19.4 Å². The average molecular weight is 486 g/mol. The number of benzene rings is 1. The van der Waals surface area contributed by atoms with Gasteiger partial charge in [0.1, 0.15) is 6.04 Å². The van der Waals surface area contributed by atoms with E-state index in [1.54, 1.807) is 16.5 Å². The number of aromatic nitrogens is 2. The summed E-state index contributed by atoms with van der Waals surface area (Å²) in [6, 6.07) is 5.16. The molecule has 4 heterocycles. The van der Waals surface area contributed by atoms with Gasteiger partial charge in [-0.3, -0.25) is 24.0 Å². The number of nitrogens with zero attached hydrogens (tertiary/aromatic N) is 4. The number of hydrogen-bond acceptors (Lipinski definition) is 7. The van der Waals surface area contributed by atoms with Crippen molar-refractivity contribution in [3.8, 4) is 0 Å². The van der Waals surface area contributed by atoms with Crippen molar-refractivity contribution in [2.45, 2.75) is 37.8 Å². The number of rotatable bonds is 5. The molecule has 3 saturated heterocycles. The number of hydrogen-bond donors (Lipinski definition) is 1. The zero-order chi connectivity index (χ0) is 24.7. The van der Waals surface area contributed by atoms with Crippen LogP contribution in [0.25, 0.3) is 11.0 Å². The number of amides is 3. The van der Waals surface area contributed by atoms with E-state index in [1.165, 1.54) is 11.7 Å². The summed E-state index contributed by atoms with van der Waals surface area (Å²) in [5.74, 6) is -0.299. The van der Waals surface area contributed by atoms with Crippen molar-refractivity contribution in [1.29, 1.82) is 0 Å². The topological polar surface area (TPSA) is 115 Å². The fraction of sp³-hybridized carbons (Fsp3) is 0.583. The quantitative estimate of drug-likeness (QED) is 0.629. The summed E-state index contributed by atoms with van der Waals surface area (Å²) in [5, 5.41) is 2.34. The highest BCUT2D eigenvalue weighted by atomic mass is 16.5. The van der Waals surface area contributed by atoms with Crippen molar-refractivity contribution in [2.24, 2.45) is 13.0 Å². The molecule has 3 fully saturated rings. The van der Waals surface area contributed by atoms with E-state index in [1.807, 2.05) is 18.2 Å². The van der Waals surface area contributed by atoms with Crippen LogP contribution < -0.4 is 15.9 Å². The van der Waals surface area contributed by atoms with E-state index in [4.69, 9.17) is 9.47 Å². The maximum Gasteiger partial charge on any atom is 0.409 e. The molecule has 11 heteroatoms. The van der Waals surface area contributed by atoms with Gasteiger partial charge in [0, 0.05) is 51.3 Å². The van der Waals surface area contributed by atoms with Crippen LogP contribution in [0, 0.1) is 5.92 Å². The summed E-state index contributed by atoms with van der Waals surface area (Å²) < 4.78 is 13.9. The predicted octanol–water partition coefficient (Wildman–Crippen LogP) is 1.00. The van der Waals surface area contributed by atoms with Gasteiger partial charge in [-0.2, -0.15) is 0 Å². The molecule has 2 aromatic rings. The largest absolute Gasteiger partial charge is 0.453 e. The van der Waals surface area contributed by atoms with Crippen molar-refractivity contribution >= 4 is 34.6 Å². The number of aryl methyl sites for hydroxylation is 1. The standard InChI is InChI=1S/C24H31N5O6/c1-26-20-11-16(3-4-18(20)29(23(26)32)19-5-6-21(30)25-22(19)31)28-12-15(13-28)14-35-17-7-9-27(10-8-17)24(33)34-2/h3-4,11,15,17,19H,5-10,12-14H2,1-2H3,(H,25,30,31). The molecule has 5 rings (SSSR count). The fourth-order valence-electron chi connectivity index (χ4n) is 5.27. The van der Waals surface area contributed by atoms with Crippen LogP contribution in [-0.2, 0) is 26.1 Å². The third kappa shape index (κ3) is 4.40. The van der Waals surface area contributed by atoms with Crippen molar-refractivity contribution < 1.29 is 23.9 Å². The minimum atomic E-state index is -0.681. The Balaban J connectivity index is 1.19. The first-order valence-corrected chi connectivity index (χ1v) is 12.1. The molecular weight excluding hydrogens is 454 g/mol. The molecular formula is C24H31N5O6. The first-order valence-electron chi connectivity index (χ1n) is 12.1. The van der Waals surface area contributed by atoms with E-state index in [0.29, 0.717) is 37.6 Å². The maximum absolute atomic E-state index is 12.9. The molecule has 0 saturated carbocycles. The molecule has 0 bridgehead atoms. The van der Waals surface area contributed by atoms with E-state index in [-0.39, 0.29) is 30.2 Å². The van der Waals surface area contributed by atoms with Crippen LogP contribution in [0.15, 0.2) is 23.0 Å².